The number of benzene rings is 1. The van der Waals surface area contributed by atoms with Crippen molar-refractivity contribution in [2.45, 2.75) is 52.7 Å². The highest BCUT2D eigenvalue weighted by Crippen LogP contribution is 2.26. The van der Waals surface area contributed by atoms with Crippen LogP contribution in [0.1, 0.15) is 48.8 Å². The van der Waals surface area contributed by atoms with E-state index in [0.29, 0.717) is 6.54 Å². The number of rotatable bonds is 4. The first-order valence-corrected chi connectivity index (χ1v) is 9.59. The largest absolute Gasteiger partial charge is 0.459 e. The molecule has 7 nitrogen and oxygen atoms in total. The predicted octanol–water partition coefficient (Wildman–Crippen LogP) is 3.85. The zero-order chi connectivity index (χ0) is 18.8. The Hall–Kier alpha value is -2.10. The van der Waals surface area contributed by atoms with Crippen molar-refractivity contribution in [3.05, 3.63) is 47.2 Å². The van der Waals surface area contributed by atoms with E-state index in [1.54, 1.807) is 0 Å². The van der Waals surface area contributed by atoms with Crippen LogP contribution in [0.25, 0.3) is 11.0 Å². The molecule has 3 heterocycles. The summed E-state index contributed by atoms with van der Waals surface area (Å²) in [7, 11) is 0. The number of hydrogen-bond donors (Lipinski definition) is 2. The lowest BCUT2D eigenvalue weighted by Gasteiger charge is -2.24. The molecular formula is C20H27IN6O. The van der Waals surface area contributed by atoms with Crippen molar-refractivity contribution in [2.24, 2.45) is 4.99 Å². The summed E-state index contributed by atoms with van der Waals surface area (Å²) in [5.74, 6) is 3.48. The first-order chi connectivity index (χ1) is 13.2. The predicted molar refractivity (Wildman–Crippen MR) is 121 cm³/mol. The Bertz CT molecular complexity index is 976. The molecular weight excluding hydrogens is 467 g/mol. The summed E-state index contributed by atoms with van der Waals surface area (Å²) in [6, 6.07) is 8.23. The van der Waals surface area contributed by atoms with Crippen LogP contribution in [0.5, 0.6) is 0 Å². The van der Waals surface area contributed by atoms with Gasteiger partial charge in [0.25, 0.3) is 0 Å². The van der Waals surface area contributed by atoms with Gasteiger partial charge in [0.2, 0.25) is 0 Å². The lowest BCUT2D eigenvalue weighted by Crippen LogP contribution is -2.41. The van der Waals surface area contributed by atoms with Gasteiger partial charge in [-0.15, -0.1) is 24.0 Å². The number of guanidine groups is 1. The fourth-order valence-electron chi connectivity index (χ4n) is 3.62. The van der Waals surface area contributed by atoms with E-state index in [0.717, 1.165) is 65.8 Å². The molecule has 0 bridgehead atoms. The van der Waals surface area contributed by atoms with Crippen molar-refractivity contribution in [2.75, 3.05) is 6.54 Å². The number of nitrogens with zero attached hydrogens (tertiary/aromatic N) is 4. The van der Waals surface area contributed by atoms with Gasteiger partial charge in [-0.2, -0.15) is 5.10 Å². The highest BCUT2D eigenvalue weighted by molar-refractivity contribution is 14.0. The third-order valence-electron chi connectivity index (χ3n) is 4.96. The van der Waals surface area contributed by atoms with Crippen LogP contribution in [0.4, 0.5) is 0 Å². The quantitative estimate of drug-likeness (QED) is 0.327. The molecule has 2 N–H and O–H groups in total. The number of para-hydroxylation sites is 1. The second-order valence-electron chi connectivity index (χ2n) is 6.92. The summed E-state index contributed by atoms with van der Waals surface area (Å²) in [6.45, 7) is 8.31. The number of furan rings is 1. The van der Waals surface area contributed by atoms with E-state index in [2.05, 4.69) is 40.6 Å². The van der Waals surface area contributed by atoms with Crippen LogP contribution in [-0.4, -0.2) is 27.3 Å². The maximum absolute atomic E-state index is 5.99. The third-order valence-corrected chi connectivity index (χ3v) is 4.96. The lowest BCUT2D eigenvalue weighted by atomic mass is 10.1. The van der Waals surface area contributed by atoms with Gasteiger partial charge in [0.05, 0.1) is 6.04 Å². The molecule has 1 aliphatic rings. The summed E-state index contributed by atoms with van der Waals surface area (Å²) < 4.78 is 7.99. The minimum atomic E-state index is 0. The molecule has 0 spiro atoms. The number of aryl methyl sites for hydroxylation is 3. The first kappa shape index (κ1) is 20.6. The number of halogens is 1. The minimum Gasteiger partial charge on any atom is -0.459 e. The molecule has 1 aromatic carbocycles. The van der Waals surface area contributed by atoms with E-state index in [4.69, 9.17) is 9.41 Å². The third kappa shape index (κ3) is 4.16. The van der Waals surface area contributed by atoms with Crippen LogP contribution in [0.2, 0.25) is 0 Å². The maximum atomic E-state index is 5.99. The van der Waals surface area contributed by atoms with Crippen LogP contribution >= 0.6 is 24.0 Å². The second-order valence-corrected chi connectivity index (χ2v) is 6.92. The molecule has 1 atom stereocenters. The molecule has 0 fully saturated rings. The maximum Gasteiger partial charge on any atom is 0.192 e. The van der Waals surface area contributed by atoms with Gasteiger partial charge in [-0.1, -0.05) is 18.2 Å². The van der Waals surface area contributed by atoms with Crippen molar-refractivity contribution >= 4 is 40.9 Å². The number of aromatic nitrogens is 3. The zero-order valence-corrected chi connectivity index (χ0v) is 18.9. The Balaban J connectivity index is 0.00000225. The van der Waals surface area contributed by atoms with Crippen LogP contribution in [0, 0.1) is 13.8 Å². The van der Waals surface area contributed by atoms with Crippen molar-refractivity contribution in [3.8, 4) is 0 Å². The molecule has 3 aromatic rings. The van der Waals surface area contributed by atoms with Gasteiger partial charge < -0.3 is 15.1 Å². The van der Waals surface area contributed by atoms with Gasteiger partial charge in [0, 0.05) is 24.0 Å². The molecule has 8 heteroatoms. The van der Waals surface area contributed by atoms with Crippen LogP contribution < -0.4 is 10.6 Å². The Morgan fingerprint density at radius 2 is 2.14 bits per heavy atom. The molecule has 0 saturated carbocycles. The molecule has 0 aliphatic carbocycles. The van der Waals surface area contributed by atoms with Crippen LogP contribution in [0.3, 0.4) is 0 Å². The second kappa shape index (κ2) is 8.93. The van der Waals surface area contributed by atoms with E-state index in [1.807, 2.05) is 29.8 Å². The van der Waals surface area contributed by atoms with Gasteiger partial charge in [-0.3, -0.25) is 0 Å². The number of nitrogens with one attached hydrogen (secondary N) is 2. The average molecular weight is 494 g/mol. The summed E-state index contributed by atoms with van der Waals surface area (Å²) in [5.41, 5.74) is 2.06. The van der Waals surface area contributed by atoms with E-state index in [9.17, 15) is 0 Å². The zero-order valence-electron chi connectivity index (χ0n) is 16.5. The minimum absolute atomic E-state index is 0. The van der Waals surface area contributed by atoms with Crippen LogP contribution in [-0.2, 0) is 13.1 Å². The molecule has 2 aromatic heterocycles. The van der Waals surface area contributed by atoms with Crippen molar-refractivity contribution < 1.29 is 4.42 Å². The van der Waals surface area contributed by atoms with Gasteiger partial charge >= 0.3 is 0 Å². The highest BCUT2D eigenvalue weighted by Gasteiger charge is 2.24. The van der Waals surface area contributed by atoms with E-state index in [1.165, 1.54) is 0 Å². The topological polar surface area (TPSA) is 80.3 Å². The SMILES string of the molecule is CCNC(=NCc1oc2ccccc2c1C)NC1CCCn2nc(C)nc21.I. The monoisotopic (exact) mass is 494 g/mol. The van der Waals surface area contributed by atoms with Crippen molar-refractivity contribution in [1.29, 1.82) is 0 Å². The molecule has 0 amide bonds. The van der Waals surface area contributed by atoms with Crippen LogP contribution in [0.15, 0.2) is 33.7 Å². The van der Waals surface area contributed by atoms with Gasteiger partial charge in [-0.05, 0) is 39.7 Å². The van der Waals surface area contributed by atoms with Gasteiger partial charge in [-0.25, -0.2) is 14.7 Å². The number of aliphatic imine (C=N–C) groups is 1. The summed E-state index contributed by atoms with van der Waals surface area (Å²) >= 11 is 0. The smallest absolute Gasteiger partial charge is 0.192 e. The summed E-state index contributed by atoms with van der Waals surface area (Å²) in [4.78, 5) is 9.35. The molecule has 1 aliphatic heterocycles. The molecule has 4 rings (SSSR count). The fourth-order valence-corrected chi connectivity index (χ4v) is 3.62. The Labute approximate surface area is 182 Å². The molecule has 0 saturated heterocycles. The molecule has 150 valence electrons. The van der Waals surface area contributed by atoms with Crippen molar-refractivity contribution in [3.63, 3.8) is 0 Å². The fraction of sp³-hybridized carbons (Fsp3) is 0.450. The van der Waals surface area contributed by atoms with Gasteiger partial charge in [0.15, 0.2) is 5.96 Å². The van der Waals surface area contributed by atoms with E-state index >= 15 is 0 Å². The Kier molecular flexibility index (Phi) is 6.58. The lowest BCUT2D eigenvalue weighted by molar-refractivity contribution is 0.397. The molecule has 1 unspecified atom stereocenters. The van der Waals surface area contributed by atoms with Gasteiger partial charge in [0.1, 0.15) is 29.5 Å². The standard InChI is InChI=1S/C20H26N6O.HI/c1-4-21-20(24-16-9-7-11-26-19(16)23-14(3)25-26)22-12-18-13(2)15-8-5-6-10-17(15)27-18;/h5-6,8,10,16H,4,7,9,11-12H2,1-3H3,(H2,21,22,24);1H. The highest BCUT2D eigenvalue weighted by atomic mass is 127. The normalized spacial score (nSPS) is 16.5. The number of hydrogen-bond acceptors (Lipinski definition) is 4. The number of fused-ring (bicyclic) bond motifs is 2. The Morgan fingerprint density at radius 3 is 2.93 bits per heavy atom. The molecule has 0 radical (unpaired) electrons. The van der Waals surface area contributed by atoms with E-state index in [-0.39, 0.29) is 30.0 Å². The Morgan fingerprint density at radius 1 is 1.32 bits per heavy atom. The summed E-state index contributed by atoms with van der Waals surface area (Å²) in [5, 5.41) is 12.5. The average Bonchev–Trinajstić information content (AvgIpc) is 3.20. The molecule has 28 heavy (non-hydrogen) atoms. The summed E-state index contributed by atoms with van der Waals surface area (Å²) in [6.07, 6.45) is 2.10. The first-order valence-electron chi connectivity index (χ1n) is 9.59. The van der Waals surface area contributed by atoms with Crippen molar-refractivity contribution in [1.82, 2.24) is 25.4 Å². The van der Waals surface area contributed by atoms with E-state index < -0.39 is 0 Å².